The van der Waals surface area contributed by atoms with Gasteiger partial charge in [-0.05, 0) is 67.6 Å². The normalized spacial score (nSPS) is 12.6. The minimum atomic E-state index is 0.0198. The van der Waals surface area contributed by atoms with Gasteiger partial charge in [-0.25, -0.2) is 0 Å². The average molecular weight is 599 g/mol. The number of fused-ring (bicyclic) bond motifs is 12. The second-order valence-electron chi connectivity index (χ2n) is 14.6. The highest BCUT2D eigenvalue weighted by molar-refractivity contribution is 6.27. The highest BCUT2D eigenvalue weighted by Gasteiger charge is 2.24. The lowest BCUT2D eigenvalue weighted by atomic mass is 9.82. The number of benzene rings is 7. The van der Waals surface area contributed by atoms with Crippen LogP contribution in [0.1, 0.15) is 52.7 Å². The summed E-state index contributed by atoms with van der Waals surface area (Å²) in [6.45, 7) is 13.6. The van der Waals surface area contributed by atoms with Crippen molar-refractivity contribution in [3.8, 4) is 0 Å². The van der Waals surface area contributed by atoms with Crippen molar-refractivity contribution in [2.75, 3.05) is 0 Å². The van der Waals surface area contributed by atoms with Crippen molar-refractivity contribution < 1.29 is 8.83 Å². The molecule has 0 amide bonds. The molecule has 2 nitrogen and oxygen atoms in total. The van der Waals surface area contributed by atoms with Gasteiger partial charge in [0.1, 0.15) is 22.3 Å². The van der Waals surface area contributed by atoms with Gasteiger partial charge in [0, 0.05) is 32.5 Å². The van der Waals surface area contributed by atoms with Crippen molar-refractivity contribution in [1.29, 1.82) is 0 Å². The molecule has 9 rings (SSSR count). The van der Waals surface area contributed by atoms with Crippen molar-refractivity contribution in [3.63, 3.8) is 0 Å². The van der Waals surface area contributed by atoms with E-state index >= 15 is 0 Å². The van der Waals surface area contributed by atoms with Gasteiger partial charge in [-0.1, -0.05) is 139 Å². The summed E-state index contributed by atoms with van der Waals surface area (Å²) >= 11 is 0. The van der Waals surface area contributed by atoms with Crippen molar-refractivity contribution in [1.82, 2.24) is 0 Å². The molecule has 46 heavy (non-hydrogen) atoms. The van der Waals surface area contributed by atoms with Crippen LogP contribution in [0.25, 0.3) is 76.2 Å². The molecule has 226 valence electrons. The maximum atomic E-state index is 6.43. The molecule has 0 N–H and O–H groups in total. The van der Waals surface area contributed by atoms with Crippen LogP contribution in [-0.2, 0) is 10.8 Å². The first kappa shape index (κ1) is 28.4. The van der Waals surface area contributed by atoms with Crippen LogP contribution >= 0.6 is 0 Å². The maximum absolute atomic E-state index is 6.43. The van der Waals surface area contributed by atoms with Gasteiger partial charge in [0.15, 0.2) is 0 Å². The first-order valence-corrected chi connectivity index (χ1v) is 16.2. The number of para-hydroxylation sites is 1. The van der Waals surface area contributed by atoms with Crippen molar-refractivity contribution in [2.24, 2.45) is 0 Å². The molecule has 0 fully saturated rings. The molecule has 0 aliphatic heterocycles. The van der Waals surface area contributed by atoms with Crippen LogP contribution < -0.4 is 0 Å². The highest BCUT2D eigenvalue weighted by atomic mass is 16.3. The van der Waals surface area contributed by atoms with Gasteiger partial charge >= 0.3 is 0 Å². The molecule has 7 aromatic carbocycles. The molecule has 2 heterocycles. The summed E-state index contributed by atoms with van der Waals surface area (Å²) in [6.07, 6.45) is 0. The number of hydrogen-bond acceptors (Lipinski definition) is 2. The first-order chi connectivity index (χ1) is 22.1. The predicted molar refractivity (Wildman–Crippen MR) is 197 cm³/mol. The zero-order valence-corrected chi connectivity index (χ0v) is 27.4. The van der Waals surface area contributed by atoms with Crippen molar-refractivity contribution in [2.45, 2.75) is 52.4 Å². The Labute approximate surface area is 269 Å². The third kappa shape index (κ3) is 4.47. The molecule has 2 heteroatoms. The van der Waals surface area contributed by atoms with E-state index in [1.807, 2.05) is 12.1 Å². The summed E-state index contributed by atoms with van der Waals surface area (Å²) in [4.78, 5) is 0. The molecule has 0 bridgehead atoms. The lowest BCUT2D eigenvalue weighted by Crippen LogP contribution is -2.11. The quantitative estimate of drug-likeness (QED) is 0.174. The van der Waals surface area contributed by atoms with E-state index in [0.29, 0.717) is 0 Å². The third-order valence-electron chi connectivity index (χ3n) is 9.35. The summed E-state index contributed by atoms with van der Waals surface area (Å²) in [7, 11) is 0. The van der Waals surface area contributed by atoms with Crippen molar-refractivity contribution in [3.05, 3.63) is 132 Å². The third-order valence-corrected chi connectivity index (χ3v) is 9.35. The molecule has 0 radical (unpaired) electrons. The summed E-state index contributed by atoms with van der Waals surface area (Å²) in [5, 5.41) is 12.4. The number of hydrogen-bond donors (Lipinski definition) is 0. The first-order valence-electron chi connectivity index (χ1n) is 16.2. The fraction of sp³-hybridized carbons (Fsp3) is 0.182. The zero-order chi connectivity index (χ0) is 31.8. The molecule has 9 aromatic rings. The fourth-order valence-corrected chi connectivity index (χ4v) is 7.11. The van der Waals surface area contributed by atoms with E-state index in [1.165, 1.54) is 65.0 Å². The summed E-state index contributed by atoms with van der Waals surface area (Å²) in [6, 6.07) is 42.9. The van der Waals surface area contributed by atoms with Crippen LogP contribution in [0.3, 0.4) is 0 Å². The van der Waals surface area contributed by atoms with Gasteiger partial charge < -0.3 is 8.83 Å². The Bertz CT molecular complexity index is 2600. The molecular formula is C44H38O2. The number of rotatable bonds is 0. The van der Waals surface area contributed by atoms with Crippen LogP contribution in [0.15, 0.2) is 130 Å². The number of furan rings is 2. The second-order valence-corrected chi connectivity index (χ2v) is 14.6. The van der Waals surface area contributed by atoms with Crippen LogP contribution in [0.5, 0.6) is 0 Å². The average Bonchev–Trinajstić information content (AvgIpc) is 3.63. The van der Waals surface area contributed by atoms with Gasteiger partial charge in [-0.15, -0.1) is 0 Å². The Morgan fingerprint density at radius 1 is 0.370 bits per heavy atom. The molecule has 0 aliphatic carbocycles. The molecule has 0 saturated carbocycles. The molecule has 0 aliphatic rings. The van der Waals surface area contributed by atoms with E-state index in [-0.39, 0.29) is 10.8 Å². The van der Waals surface area contributed by atoms with E-state index in [9.17, 15) is 0 Å². The van der Waals surface area contributed by atoms with E-state index in [0.717, 1.165) is 22.3 Å². The summed E-state index contributed by atoms with van der Waals surface area (Å²) < 4.78 is 12.6. The molecular weight excluding hydrogens is 560 g/mol. The molecule has 0 spiro atoms. The molecule has 0 atom stereocenters. The van der Waals surface area contributed by atoms with Crippen LogP contribution in [0.2, 0.25) is 0 Å². The van der Waals surface area contributed by atoms with Gasteiger partial charge in [-0.2, -0.15) is 0 Å². The van der Waals surface area contributed by atoms with Crippen molar-refractivity contribution >= 4 is 76.2 Å². The van der Waals surface area contributed by atoms with E-state index in [1.54, 1.807) is 0 Å². The monoisotopic (exact) mass is 598 g/mol. The van der Waals surface area contributed by atoms with Gasteiger partial charge in [0.25, 0.3) is 0 Å². The lowest BCUT2D eigenvalue weighted by molar-refractivity contribution is 0.573. The Morgan fingerprint density at radius 2 is 0.913 bits per heavy atom. The van der Waals surface area contributed by atoms with Gasteiger partial charge in [-0.3, -0.25) is 0 Å². The molecule has 0 saturated heterocycles. The van der Waals surface area contributed by atoms with Crippen LogP contribution in [-0.4, -0.2) is 0 Å². The smallest absolute Gasteiger partial charge is 0.143 e. The lowest BCUT2D eigenvalue weighted by Gasteiger charge is -2.21. The second kappa shape index (κ2) is 10.2. The summed E-state index contributed by atoms with van der Waals surface area (Å²) in [5.74, 6) is 0. The fourth-order valence-electron chi connectivity index (χ4n) is 7.11. The largest absolute Gasteiger partial charge is 0.456 e. The SMILES string of the molecule is CC(C)(C)c1cc2c3ccccc3oc2c2ccccc12.CC(C)(C)c1cc2ccccc2c2c1oc1ccc3ccccc3c12. The Balaban J connectivity index is 0.000000138. The predicted octanol–water partition coefficient (Wildman–Crippen LogP) is 13.2. The Hall–Kier alpha value is -5.08. The Morgan fingerprint density at radius 3 is 1.61 bits per heavy atom. The summed E-state index contributed by atoms with van der Waals surface area (Å²) in [5.41, 5.74) is 6.72. The highest BCUT2D eigenvalue weighted by Crippen LogP contribution is 2.43. The Kier molecular flexibility index (Phi) is 6.31. The van der Waals surface area contributed by atoms with E-state index in [4.69, 9.17) is 8.83 Å². The maximum Gasteiger partial charge on any atom is 0.143 e. The van der Waals surface area contributed by atoms with Gasteiger partial charge in [0.05, 0.1) is 0 Å². The standard InChI is InChI=1S/C24H20O.C20H18O/c1-24(2,3)19-14-16-9-5-7-11-18(16)22-21-17-10-6-4-8-15(17)12-13-20(21)25-23(19)22;1-20(2,3)17-12-16-14-9-6-7-11-18(14)21-19(16)15-10-5-4-8-13(15)17/h4-14H,1-3H3;4-12H,1-3H3. The van der Waals surface area contributed by atoms with E-state index < -0.39 is 0 Å². The topological polar surface area (TPSA) is 26.3 Å². The minimum absolute atomic E-state index is 0.0198. The molecule has 0 unspecified atom stereocenters. The van der Waals surface area contributed by atoms with E-state index in [2.05, 4.69) is 151 Å². The van der Waals surface area contributed by atoms with Gasteiger partial charge in [0.2, 0.25) is 0 Å². The minimum Gasteiger partial charge on any atom is -0.456 e. The van der Waals surface area contributed by atoms with Crippen LogP contribution in [0, 0.1) is 0 Å². The van der Waals surface area contributed by atoms with Crippen LogP contribution in [0.4, 0.5) is 0 Å². The zero-order valence-electron chi connectivity index (χ0n) is 27.4. The molecule has 2 aromatic heterocycles.